The van der Waals surface area contributed by atoms with E-state index in [0.29, 0.717) is 13.1 Å². The van der Waals surface area contributed by atoms with Crippen molar-refractivity contribution in [2.24, 2.45) is 0 Å². The molecule has 0 saturated carbocycles. The molecule has 1 aliphatic rings. The van der Waals surface area contributed by atoms with Crippen LogP contribution in [0.15, 0.2) is 24.3 Å². The Bertz CT molecular complexity index is 511. The smallest absolute Gasteiger partial charge is 0.244 e. The van der Waals surface area contributed by atoms with E-state index in [1.807, 2.05) is 50.2 Å². The number of hydrogen-bond donors (Lipinski definition) is 1. The average molecular weight is 289 g/mol. The fourth-order valence-electron chi connectivity index (χ4n) is 2.58. The van der Waals surface area contributed by atoms with Gasteiger partial charge in [-0.3, -0.25) is 14.5 Å². The summed E-state index contributed by atoms with van der Waals surface area (Å²) in [6, 6.07) is 7.63. The maximum atomic E-state index is 12.8. The Kier molecular flexibility index (Phi) is 4.96. The number of benzene rings is 1. The molecule has 2 amide bonds. The van der Waals surface area contributed by atoms with Gasteiger partial charge in [0.15, 0.2) is 0 Å². The number of aryl methyl sites for hydroxylation is 1. The van der Waals surface area contributed by atoms with Crippen LogP contribution in [0.2, 0.25) is 0 Å². The van der Waals surface area contributed by atoms with E-state index in [4.69, 9.17) is 0 Å². The Morgan fingerprint density at radius 1 is 1.29 bits per heavy atom. The number of nitrogens with zero attached hydrogens (tertiary/aromatic N) is 2. The molecule has 0 bridgehead atoms. The van der Waals surface area contributed by atoms with Gasteiger partial charge in [-0.2, -0.15) is 0 Å². The minimum atomic E-state index is -0.350. The highest BCUT2D eigenvalue weighted by atomic mass is 16.2. The van der Waals surface area contributed by atoms with E-state index in [9.17, 15) is 9.59 Å². The van der Waals surface area contributed by atoms with Crippen LogP contribution >= 0.6 is 0 Å². The molecule has 1 saturated heterocycles. The highest BCUT2D eigenvalue weighted by molar-refractivity contribution is 5.88. The molecule has 0 aromatic heterocycles. The molecule has 1 N–H and O–H groups in total. The van der Waals surface area contributed by atoms with Gasteiger partial charge in [-0.15, -0.1) is 0 Å². The molecule has 114 valence electrons. The fraction of sp³-hybridized carbons (Fsp3) is 0.500. The molecule has 21 heavy (non-hydrogen) atoms. The first-order valence-corrected chi connectivity index (χ1v) is 7.27. The van der Waals surface area contributed by atoms with Crippen molar-refractivity contribution in [2.75, 3.05) is 33.7 Å². The summed E-state index contributed by atoms with van der Waals surface area (Å²) < 4.78 is 0. The Balaban J connectivity index is 2.22. The van der Waals surface area contributed by atoms with E-state index in [1.165, 1.54) is 0 Å². The first kappa shape index (κ1) is 15.5. The Morgan fingerprint density at radius 3 is 2.57 bits per heavy atom. The summed E-state index contributed by atoms with van der Waals surface area (Å²) in [5.74, 6) is -0.0943. The quantitative estimate of drug-likeness (QED) is 0.901. The van der Waals surface area contributed by atoms with E-state index in [2.05, 4.69) is 5.32 Å². The van der Waals surface area contributed by atoms with Gasteiger partial charge >= 0.3 is 0 Å². The number of carbonyl (C=O) groups is 2. The first-order valence-electron chi connectivity index (χ1n) is 7.27. The molecule has 0 aliphatic carbocycles. The second-order valence-electron chi connectivity index (χ2n) is 5.74. The topological polar surface area (TPSA) is 52.7 Å². The summed E-state index contributed by atoms with van der Waals surface area (Å²) in [5, 5.41) is 2.80. The van der Waals surface area contributed by atoms with Gasteiger partial charge in [0, 0.05) is 13.1 Å². The maximum absolute atomic E-state index is 12.8. The highest BCUT2D eigenvalue weighted by Gasteiger charge is 2.29. The number of carbonyl (C=O) groups excluding carboxylic acids is 2. The lowest BCUT2D eigenvalue weighted by molar-refractivity contribution is -0.139. The third-order valence-corrected chi connectivity index (χ3v) is 3.72. The van der Waals surface area contributed by atoms with Crippen molar-refractivity contribution in [1.82, 2.24) is 15.1 Å². The van der Waals surface area contributed by atoms with E-state index in [0.717, 1.165) is 17.5 Å². The van der Waals surface area contributed by atoms with Crippen LogP contribution in [0, 0.1) is 6.92 Å². The molecule has 1 heterocycles. The van der Waals surface area contributed by atoms with Gasteiger partial charge in [0.2, 0.25) is 11.8 Å². The summed E-state index contributed by atoms with van der Waals surface area (Å²) >= 11 is 0. The molecular formula is C16H23N3O2. The molecule has 0 unspecified atom stereocenters. The molecule has 5 nitrogen and oxygen atoms in total. The zero-order valence-electron chi connectivity index (χ0n) is 12.9. The van der Waals surface area contributed by atoms with Gasteiger partial charge in [0.05, 0.1) is 6.54 Å². The summed E-state index contributed by atoms with van der Waals surface area (Å²) in [5.41, 5.74) is 2.12. The largest absolute Gasteiger partial charge is 0.354 e. The standard InChI is InChI=1S/C16H23N3O2/c1-12-5-7-13(8-6-12)15(18(2)3)16(21)19-10-4-9-17-14(20)11-19/h5-8,15H,4,9-11H2,1-3H3,(H,17,20)/t15-/m0/s1. The number of amides is 2. The van der Waals surface area contributed by atoms with Gasteiger partial charge in [0.25, 0.3) is 0 Å². The summed E-state index contributed by atoms with van der Waals surface area (Å²) in [7, 11) is 3.78. The van der Waals surface area contributed by atoms with Crippen LogP contribution in [0.3, 0.4) is 0 Å². The Hall–Kier alpha value is -1.88. The fourth-order valence-corrected chi connectivity index (χ4v) is 2.58. The monoisotopic (exact) mass is 289 g/mol. The maximum Gasteiger partial charge on any atom is 0.244 e. The van der Waals surface area contributed by atoms with Gasteiger partial charge in [-0.25, -0.2) is 0 Å². The second-order valence-corrected chi connectivity index (χ2v) is 5.74. The van der Waals surface area contributed by atoms with Crippen LogP contribution in [-0.4, -0.2) is 55.3 Å². The molecule has 1 fully saturated rings. The van der Waals surface area contributed by atoms with Crippen LogP contribution in [0.5, 0.6) is 0 Å². The van der Waals surface area contributed by atoms with Crippen molar-refractivity contribution < 1.29 is 9.59 Å². The van der Waals surface area contributed by atoms with Gasteiger partial charge in [0.1, 0.15) is 6.04 Å². The van der Waals surface area contributed by atoms with Crippen LogP contribution in [-0.2, 0) is 9.59 Å². The predicted molar refractivity (Wildman–Crippen MR) is 81.8 cm³/mol. The Morgan fingerprint density at radius 2 is 1.95 bits per heavy atom. The van der Waals surface area contributed by atoms with Gasteiger partial charge in [-0.1, -0.05) is 29.8 Å². The number of rotatable bonds is 3. The minimum absolute atomic E-state index is 0.0131. The van der Waals surface area contributed by atoms with Crippen LogP contribution in [0.4, 0.5) is 0 Å². The van der Waals surface area contributed by atoms with Gasteiger partial charge in [-0.05, 0) is 33.0 Å². The van der Waals surface area contributed by atoms with Gasteiger partial charge < -0.3 is 10.2 Å². The predicted octanol–water partition coefficient (Wildman–Crippen LogP) is 0.946. The van der Waals surface area contributed by atoms with Crippen molar-refractivity contribution in [1.29, 1.82) is 0 Å². The van der Waals surface area contributed by atoms with Crippen molar-refractivity contribution in [3.8, 4) is 0 Å². The molecule has 1 atom stereocenters. The molecule has 0 radical (unpaired) electrons. The average Bonchev–Trinajstić information content (AvgIpc) is 2.65. The molecule has 1 aromatic rings. The molecule has 5 heteroatoms. The SMILES string of the molecule is Cc1ccc([C@@H](C(=O)N2CCCNC(=O)C2)N(C)C)cc1. The Labute approximate surface area is 125 Å². The lowest BCUT2D eigenvalue weighted by Crippen LogP contribution is -2.43. The van der Waals surface area contributed by atoms with E-state index >= 15 is 0 Å². The summed E-state index contributed by atoms with van der Waals surface area (Å²) in [4.78, 5) is 28.0. The first-order chi connectivity index (χ1) is 9.99. The van der Waals surface area contributed by atoms with E-state index in [-0.39, 0.29) is 24.4 Å². The molecule has 1 aromatic carbocycles. The van der Waals surface area contributed by atoms with Crippen molar-refractivity contribution in [2.45, 2.75) is 19.4 Å². The summed E-state index contributed by atoms with van der Waals surface area (Å²) in [6.07, 6.45) is 0.797. The number of likely N-dealkylation sites (N-methyl/N-ethyl adjacent to an activating group) is 1. The second kappa shape index (κ2) is 6.72. The van der Waals surface area contributed by atoms with Crippen molar-refractivity contribution >= 4 is 11.8 Å². The third-order valence-electron chi connectivity index (χ3n) is 3.72. The van der Waals surface area contributed by atoms with E-state index < -0.39 is 0 Å². The molecule has 1 aliphatic heterocycles. The third kappa shape index (κ3) is 3.82. The van der Waals surface area contributed by atoms with Crippen molar-refractivity contribution in [3.05, 3.63) is 35.4 Å². The minimum Gasteiger partial charge on any atom is -0.354 e. The van der Waals surface area contributed by atoms with Crippen LogP contribution < -0.4 is 5.32 Å². The molecular weight excluding hydrogens is 266 g/mol. The zero-order chi connectivity index (χ0) is 15.4. The van der Waals surface area contributed by atoms with Crippen LogP contribution in [0.1, 0.15) is 23.6 Å². The molecule has 0 spiro atoms. The van der Waals surface area contributed by atoms with Crippen LogP contribution in [0.25, 0.3) is 0 Å². The lowest BCUT2D eigenvalue weighted by atomic mass is 10.0. The van der Waals surface area contributed by atoms with E-state index in [1.54, 1.807) is 4.90 Å². The van der Waals surface area contributed by atoms with Crippen molar-refractivity contribution in [3.63, 3.8) is 0 Å². The highest BCUT2D eigenvalue weighted by Crippen LogP contribution is 2.22. The molecule has 2 rings (SSSR count). The summed E-state index contributed by atoms with van der Waals surface area (Å²) in [6.45, 7) is 3.43. The normalized spacial score (nSPS) is 17.3. The number of nitrogens with one attached hydrogen (secondary N) is 1. The lowest BCUT2D eigenvalue weighted by Gasteiger charge is -2.29. The zero-order valence-corrected chi connectivity index (χ0v) is 12.9. The number of hydrogen-bond acceptors (Lipinski definition) is 3.